The number of fused-ring (bicyclic) bond motifs is 1. The van der Waals surface area contributed by atoms with E-state index in [2.05, 4.69) is 54.1 Å². The average molecular weight is 374 g/mol. The number of aromatic nitrogens is 4. The maximum atomic E-state index is 4.85. The third kappa shape index (κ3) is 2.64. The Hall–Kier alpha value is -2.83. The summed E-state index contributed by atoms with van der Waals surface area (Å²) in [6.07, 6.45) is 1.95. The van der Waals surface area contributed by atoms with E-state index in [0.29, 0.717) is 5.78 Å². The molecule has 0 amide bonds. The summed E-state index contributed by atoms with van der Waals surface area (Å²) in [4.78, 5) is 11.8. The predicted molar refractivity (Wildman–Crippen MR) is 108 cm³/mol. The zero-order chi connectivity index (χ0) is 17.5. The highest BCUT2D eigenvalue weighted by molar-refractivity contribution is 7.14. The van der Waals surface area contributed by atoms with E-state index in [4.69, 9.17) is 15.1 Å². The first kappa shape index (κ1) is 15.4. The van der Waals surface area contributed by atoms with E-state index in [1.165, 1.54) is 5.56 Å². The molecule has 0 radical (unpaired) electrons. The summed E-state index contributed by atoms with van der Waals surface area (Å²) in [5.41, 5.74) is 4.95. The summed E-state index contributed by atoms with van der Waals surface area (Å²) in [5.74, 6) is 0.615. The fraction of sp³-hybridized carbons (Fsp3) is 0.0500. The molecule has 4 nitrogen and oxygen atoms in total. The van der Waals surface area contributed by atoms with Crippen molar-refractivity contribution < 1.29 is 0 Å². The van der Waals surface area contributed by atoms with Crippen LogP contribution in [0.4, 0.5) is 0 Å². The van der Waals surface area contributed by atoms with Crippen LogP contribution in [0.1, 0.15) is 5.56 Å². The minimum atomic E-state index is 0.615. The van der Waals surface area contributed by atoms with Gasteiger partial charge in [-0.15, -0.1) is 22.7 Å². The lowest BCUT2D eigenvalue weighted by atomic mass is 10.1. The molecule has 1 aromatic carbocycles. The Morgan fingerprint density at radius 1 is 0.808 bits per heavy atom. The molecule has 0 spiro atoms. The minimum Gasteiger partial charge on any atom is -0.209 e. The van der Waals surface area contributed by atoms with Gasteiger partial charge in [0.05, 0.1) is 21.6 Å². The number of nitrogens with zero attached hydrogens (tertiary/aromatic N) is 4. The van der Waals surface area contributed by atoms with Crippen LogP contribution in [-0.4, -0.2) is 19.6 Å². The lowest BCUT2D eigenvalue weighted by molar-refractivity contribution is 0.915. The number of benzene rings is 1. The van der Waals surface area contributed by atoms with Crippen LogP contribution in [0.2, 0.25) is 0 Å². The first-order valence-electron chi connectivity index (χ1n) is 8.20. The Bertz CT molecular complexity index is 1100. The van der Waals surface area contributed by atoms with E-state index in [1.54, 1.807) is 27.2 Å². The first-order chi connectivity index (χ1) is 12.8. The van der Waals surface area contributed by atoms with Crippen LogP contribution in [0.5, 0.6) is 0 Å². The molecule has 0 saturated heterocycles. The Morgan fingerprint density at radius 2 is 1.50 bits per heavy atom. The molecule has 6 heteroatoms. The summed E-state index contributed by atoms with van der Waals surface area (Å²) in [6.45, 7) is 2.08. The zero-order valence-corrected chi connectivity index (χ0v) is 15.6. The molecule has 0 aliphatic rings. The largest absolute Gasteiger partial charge is 0.251 e. The highest BCUT2D eigenvalue weighted by atomic mass is 32.1. The molecule has 0 bridgehead atoms. The second kappa shape index (κ2) is 6.16. The van der Waals surface area contributed by atoms with Gasteiger partial charge < -0.3 is 0 Å². The van der Waals surface area contributed by atoms with Gasteiger partial charge in [0.15, 0.2) is 0 Å². The first-order valence-corrected chi connectivity index (χ1v) is 9.96. The molecule has 4 aromatic heterocycles. The van der Waals surface area contributed by atoms with E-state index in [-0.39, 0.29) is 0 Å². The number of hydrogen-bond acceptors (Lipinski definition) is 5. The molecule has 0 aliphatic carbocycles. The van der Waals surface area contributed by atoms with E-state index >= 15 is 0 Å². The van der Waals surface area contributed by atoms with Crippen LogP contribution in [0.3, 0.4) is 0 Å². The van der Waals surface area contributed by atoms with Crippen molar-refractivity contribution in [1.82, 2.24) is 19.6 Å². The molecule has 5 aromatic rings. The summed E-state index contributed by atoms with van der Waals surface area (Å²) in [6, 6.07) is 16.6. The number of hydrogen-bond donors (Lipinski definition) is 0. The van der Waals surface area contributed by atoms with E-state index in [0.717, 1.165) is 32.4 Å². The molecular weight excluding hydrogens is 360 g/mol. The molecular formula is C20H14N4S2. The second-order valence-corrected chi connectivity index (χ2v) is 7.90. The molecule has 26 heavy (non-hydrogen) atoms. The summed E-state index contributed by atoms with van der Waals surface area (Å²) < 4.78 is 1.78. The minimum absolute atomic E-state index is 0.615. The molecule has 5 rings (SSSR count). The van der Waals surface area contributed by atoms with Gasteiger partial charge in [-0.25, -0.2) is 14.5 Å². The van der Waals surface area contributed by atoms with Crippen molar-refractivity contribution in [3.63, 3.8) is 0 Å². The fourth-order valence-corrected chi connectivity index (χ4v) is 4.27. The molecule has 0 N–H and O–H groups in total. The van der Waals surface area contributed by atoms with E-state index in [1.807, 2.05) is 18.3 Å². The Kier molecular flexibility index (Phi) is 3.65. The third-order valence-corrected chi connectivity index (χ3v) is 5.92. The predicted octanol–water partition coefficient (Wildman–Crippen LogP) is 5.56. The highest BCUT2D eigenvalue weighted by Gasteiger charge is 2.17. The van der Waals surface area contributed by atoms with Gasteiger partial charge in [-0.2, -0.15) is 5.10 Å². The summed E-state index contributed by atoms with van der Waals surface area (Å²) in [5, 5.41) is 8.96. The van der Waals surface area contributed by atoms with Gasteiger partial charge in [0.1, 0.15) is 11.4 Å². The molecule has 0 saturated carbocycles. The summed E-state index contributed by atoms with van der Waals surface area (Å²) >= 11 is 3.34. The van der Waals surface area contributed by atoms with Crippen molar-refractivity contribution in [2.75, 3.05) is 0 Å². The van der Waals surface area contributed by atoms with Crippen molar-refractivity contribution in [2.24, 2.45) is 0 Å². The van der Waals surface area contributed by atoms with Gasteiger partial charge in [-0.05, 0) is 29.8 Å². The molecule has 0 fully saturated rings. The van der Waals surface area contributed by atoms with Gasteiger partial charge in [-0.3, -0.25) is 0 Å². The second-order valence-electron chi connectivity index (χ2n) is 6.00. The number of imidazole rings is 1. The van der Waals surface area contributed by atoms with Gasteiger partial charge in [0, 0.05) is 5.56 Å². The van der Waals surface area contributed by atoms with E-state index in [9.17, 15) is 0 Å². The Balaban J connectivity index is 1.72. The average Bonchev–Trinajstić information content (AvgIpc) is 3.40. The topological polar surface area (TPSA) is 43.1 Å². The van der Waals surface area contributed by atoms with Crippen LogP contribution in [0, 0.1) is 6.92 Å². The molecule has 4 heterocycles. The third-order valence-electron chi connectivity index (χ3n) is 4.17. The normalized spacial score (nSPS) is 11.3. The zero-order valence-electron chi connectivity index (χ0n) is 14.0. The van der Waals surface area contributed by atoms with Crippen molar-refractivity contribution in [3.8, 4) is 32.4 Å². The van der Waals surface area contributed by atoms with Gasteiger partial charge in [0.25, 0.3) is 5.78 Å². The van der Waals surface area contributed by atoms with E-state index < -0.39 is 0 Å². The summed E-state index contributed by atoms with van der Waals surface area (Å²) in [7, 11) is 0. The van der Waals surface area contributed by atoms with Crippen molar-refractivity contribution >= 4 is 28.5 Å². The van der Waals surface area contributed by atoms with Gasteiger partial charge >= 0.3 is 0 Å². The maximum Gasteiger partial charge on any atom is 0.251 e. The standard InChI is InChI=1S/C20H14N4S2/c1-13-6-8-14(9-7-13)15-12-24-20(21-15)22-18(16-4-2-10-25-16)19(23-24)17-5-3-11-26-17/h2-12H,1H3. The number of thiophene rings is 2. The molecule has 126 valence electrons. The highest BCUT2D eigenvalue weighted by Crippen LogP contribution is 2.34. The Labute approximate surface area is 158 Å². The van der Waals surface area contributed by atoms with Gasteiger partial charge in [-0.1, -0.05) is 42.0 Å². The van der Waals surface area contributed by atoms with Gasteiger partial charge in [0.2, 0.25) is 0 Å². The molecule has 0 unspecified atom stereocenters. The van der Waals surface area contributed by atoms with Crippen molar-refractivity contribution in [3.05, 3.63) is 71.1 Å². The lowest BCUT2D eigenvalue weighted by Crippen LogP contribution is -1.99. The quantitative estimate of drug-likeness (QED) is 0.415. The molecule has 0 atom stereocenters. The number of aryl methyl sites for hydroxylation is 1. The van der Waals surface area contributed by atoms with Crippen molar-refractivity contribution in [2.45, 2.75) is 6.92 Å². The van der Waals surface area contributed by atoms with Crippen LogP contribution in [0.25, 0.3) is 38.2 Å². The Morgan fingerprint density at radius 3 is 2.15 bits per heavy atom. The van der Waals surface area contributed by atoms with Crippen LogP contribution < -0.4 is 0 Å². The maximum absolute atomic E-state index is 4.85. The van der Waals surface area contributed by atoms with Crippen molar-refractivity contribution in [1.29, 1.82) is 0 Å². The lowest BCUT2D eigenvalue weighted by Gasteiger charge is -2.04. The molecule has 0 aliphatic heterocycles. The van der Waals surface area contributed by atoms with Crippen LogP contribution >= 0.6 is 22.7 Å². The smallest absolute Gasteiger partial charge is 0.209 e. The fourth-order valence-electron chi connectivity index (χ4n) is 2.85. The van der Waals surface area contributed by atoms with Crippen LogP contribution in [-0.2, 0) is 0 Å². The van der Waals surface area contributed by atoms with Crippen LogP contribution in [0.15, 0.2) is 65.5 Å². The monoisotopic (exact) mass is 374 g/mol. The number of rotatable bonds is 3. The SMILES string of the molecule is Cc1ccc(-c2cn3nc(-c4cccs4)c(-c4cccs4)nc3n2)cc1.